The molecule has 14 rings (SSSR count). The summed E-state index contributed by atoms with van der Waals surface area (Å²) in [6.07, 6.45) is 0.947. The first-order chi connectivity index (χ1) is 31.8. The molecule has 1 unspecified atom stereocenters. The smallest absolute Gasteiger partial charge is 0.135 e. The Bertz CT molecular complexity index is 3720. The number of fused-ring (bicyclic) bond motifs is 19. The molecular weight excluding hydrogens is 775 g/mol. The molecular formula is C62H39NO. The summed E-state index contributed by atoms with van der Waals surface area (Å²) in [6.45, 7) is 0. The molecule has 298 valence electrons. The van der Waals surface area contributed by atoms with Gasteiger partial charge in [0.15, 0.2) is 0 Å². The minimum absolute atomic E-state index is 0.644. The van der Waals surface area contributed by atoms with E-state index in [1.807, 2.05) is 6.07 Å². The maximum absolute atomic E-state index is 6.41. The molecule has 10 aromatic carbocycles. The first-order valence-electron chi connectivity index (χ1n) is 22.3. The number of nitrogens with zero attached hydrogens (tertiary/aromatic N) is 1. The summed E-state index contributed by atoms with van der Waals surface area (Å²) in [6, 6.07) is 83.4. The van der Waals surface area contributed by atoms with Gasteiger partial charge in [-0.3, -0.25) is 0 Å². The zero-order chi connectivity index (χ0) is 41.9. The lowest BCUT2D eigenvalue weighted by atomic mass is 9.65. The van der Waals surface area contributed by atoms with Gasteiger partial charge in [-0.2, -0.15) is 0 Å². The molecule has 0 saturated heterocycles. The Morgan fingerprint density at radius 3 is 1.77 bits per heavy atom. The van der Waals surface area contributed by atoms with Crippen LogP contribution in [-0.4, -0.2) is 0 Å². The molecule has 0 amide bonds. The molecule has 2 heteroatoms. The van der Waals surface area contributed by atoms with E-state index < -0.39 is 5.41 Å². The number of para-hydroxylation sites is 2. The molecule has 0 fully saturated rings. The highest BCUT2D eigenvalue weighted by atomic mass is 16.3. The van der Waals surface area contributed by atoms with Crippen LogP contribution in [0.3, 0.4) is 0 Å². The molecule has 0 saturated carbocycles. The summed E-state index contributed by atoms with van der Waals surface area (Å²) < 4.78 is 6.41. The van der Waals surface area contributed by atoms with E-state index in [9.17, 15) is 0 Å². The van der Waals surface area contributed by atoms with Gasteiger partial charge in [-0.1, -0.05) is 182 Å². The van der Waals surface area contributed by atoms with Crippen LogP contribution in [0.5, 0.6) is 0 Å². The van der Waals surface area contributed by atoms with Crippen molar-refractivity contribution < 1.29 is 4.42 Å². The highest BCUT2D eigenvalue weighted by Gasteiger charge is 2.51. The third-order valence-corrected chi connectivity index (χ3v) is 14.3. The fourth-order valence-corrected chi connectivity index (χ4v) is 11.7. The Morgan fingerprint density at radius 1 is 0.344 bits per heavy atom. The highest BCUT2D eigenvalue weighted by molar-refractivity contribution is 6.08. The van der Waals surface area contributed by atoms with Crippen LogP contribution in [0.25, 0.3) is 77.6 Å². The summed E-state index contributed by atoms with van der Waals surface area (Å²) >= 11 is 0. The van der Waals surface area contributed by atoms with Gasteiger partial charge in [0, 0.05) is 27.7 Å². The van der Waals surface area contributed by atoms with Gasteiger partial charge in [-0.05, 0) is 132 Å². The Kier molecular flexibility index (Phi) is 7.41. The van der Waals surface area contributed by atoms with Crippen LogP contribution in [0, 0.1) is 0 Å². The van der Waals surface area contributed by atoms with Crippen molar-refractivity contribution in [3.63, 3.8) is 0 Å². The van der Waals surface area contributed by atoms with Gasteiger partial charge in [-0.15, -0.1) is 0 Å². The Balaban J connectivity index is 1.12. The molecule has 0 N–H and O–H groups in total. The molecule has 1 spiro atoms. The van der Waals surface area contributed by atoms with Gasteiger partial charge in [0.05, 0.1) is 11.1 Å². The van der Waals surface area contributed by atoms with Crippen LogP contribution >= 0.6 is 0 Å². The number of rotatable bonds is 4. The average molecular weight is 814 g/mol. The second-order valence-corrected chi connectivity index (χ2v) is 17.5. The lowest BCUT2D eigenvalue weighted by molar-refractivity contribution is 0.669. The summed E-state index contributed by atoms with van der Waals surface area (Å²) in [5.74, 6) is 0. The van der Waals surface area contributed by atoms with Crippen molar-refractivity contribution in [2.24, 2.45) is 0 Å². The van der Waals surface area contributed by atoms with Gasteiger partial charge < -0.3 is 9.32 Å². The van der Waals surface area contributed by atoms with E-state index in [-0.39, 0.29) is 0 Å². The zero-order valence-corrected chi connectivity index (χ0v) is 34.9. The minimum atomic E-state index is -0.644. The topological polar surface area (TPSA) is 16.4 Å². The van der Waals surface area contributed by atoms with Crippen LogP contribution in [-0.2, 0) is 11.8 Å². The standard InChI is InChI=1S/C62H39NO/c1-2-16-39(17-3-1)44-19-10-14-28-57(44)63(42-32-35-59-52(37-42)50-24-11-15-29-58(50)64-59)43-31-33-49-47-22-7-6-21-46(47)48-23-8-12-26-53(48)62(56(49)38-43)54-27-13-9-25-51(54)61-55(62)34-30-41-36-40-18-4-5-20-45(40)60(41)61/h1-35,37-38H,36H2. The quantitative estimate of drug-likeness (QED) is 0.176. The van der Waals surface area contributed by atoms with E-state index in [4.69, 9.17) is 4.42 Å². The van der Waals surface area contributed by atoms with Gasteiger partial charge in [0.2, 0.25) is 0 Å². The molecule has 1 atom stereocenters. The van der Waals surface area contributed by atoms with Crippen LogP contribution in [0.15, 0.2) is 229 Å². The van der Waals surface area contributed by atoms with Crippen LogP contribution in [0.2, 0.25) is 0 Å². The van der Waals surface area contributed by atoms with E-state index in [0.29, 0.717) is 0 Å². The molecule has 1 heterocycles. The van der Waals surface area contributed by atoms with Crippen LogP contribution in [0.1, 0.15) is 33.4 Å². The maximum atomic E-state index is 6.41. The second kappa shape index (κ2) is 13.4. The first kappa shape index (κ1) is 35.4. The van der Waals surface area contributed by atoms with Crippen molar-refractivity contribution in [1.82, 2.24) is 0 Å². The molecule has 2 nitrogen and oxygen atoms in total. The summed E-state index contributed by atoms with van der Waals surface area (Å²) in [5, 5.41) is 2.20. The number of hydrogen-bond acceptors (Lipinski definition) is 2. The molecule has 0 aliphatic heterocycles. The first-order valence-corrected chi connectivity index (χ1v) is 22.3. The lowest BCUT2D eigenvalue weighted by Crippen LogP contribution is -2.29. The molecule has 0 radical (unpaired) electrons. The zero-order valence-electron chi connectivity index (χ0n) is 34.9. The largest absolute Gasteiger partial charge is 0.456 e. The predicted octanol–water partition coefficient (Wildman–Crippen LogP) is 16.3. The Hall–Kier alpha value is -8.20. The van der Waals surface area contributed by atoms with Crippen molar-refractivity contribution in [1.29, 1.82) is 0 Å². The van der Waals surface area contributed by atoms with Crippen molar-refractivity contribution in [3.8, 4) is 55.6 Å². The molecule has 3 aliphatic carbocycles. The van der Waals surface area contributed by atoms with Gasteiger partial charge in [0.25, 0.3) is 0 Å². The predicted molar refractivity (Wildman–Crippen MR) is 264 cm³/mol. The average Bonchev–Trinajstić information content (AvgIpc) is 4.00. The van der Waals surface area contributed by atoms with E-state index in [1.54, 1.807) is 0 Å². The fourth-order valence-electron chi connectivity index (χ4n) is 11.7. The van der Waals surface area contributed by atoms with Gasteiger partial charge in [-0.25, -0.2) is 0 Å². The molecule has 0 bridgehead atoms. The monoisotopic (exact) mass is 813 g/mol. The fraction of sp³-hybridized carbons (Fsp3) is 0.0323. The number of furan rings is 1. The second-order valence-electron chi connectivity index (χ2n) is 17.5. The lowest BCUT2D eigenvalue weighted by Gasteiger charge is -2.37. The van der Waals surface area contributed by atoms with E-state index in [0.717, 1.165) is 51.0 Å². The number of hydrogen-bond donors (Lipinski definition) is 0. The molecule has 11 aromatic rings. The van der Waals surface area contributed by atoms with Crippen molar-refractivity contribution in [2.45, 2.75) is 11.8 Å². The van der Waals surface area contributed by atoms with E-state index >= 15 is 0 Å². The van der Waals surface area contributed by atoms with Crippen molar-refractivity contribution in [3.05, 3.63) is 258 Å². The Labute approximate surface area is 372 Å². The van der Waals surface area contributed by atoms with Gasteiger partial charge in [0.1, 0.15) is 11.2 Å². The number of anilines is 3. The minimum Gasteiger partial charge on any atom is -0.456 e. The third kappa shape index (κ3) is 4.80. The normalized spacial score (nSPS) is 14.9. The van der Waals surface area contributed by atoms with E-state index in [2.05, 4.69) is 223 Å². The van der Waals surface area contributed by atoms with Gasteiger partial charge >= 0.3 is 0 Å². The highest BCUT2D eigenvalue weighted by Crippen LogP contribution is 2.64. The maximum Gasteiger partial charge on any atom is 0.135 e. The summed E-state index contributed by atoms with van der Waals surface area (Å²) in [4.78, 5) is 2.47. The number of benzene rings is 10. The summed E-state index contributed by atoms with van der Waals surface area (Å²) in [7, 11) is 0. The van der Waals surface area contributed by atoms with Crippen molar-refractivity contribution >= 4 is 39.0 Å². The van der Waals surface area contributed by atoms with Crippen LogP contribution < -0.4 is 4.90 Å². The molecule has 64 heavy (non-hydrogen) atoms. The van der Waals surface area contributed by atoms with E-state index in [1.165, 1.54) is 83.5 Å². The third-order valence-electron chi connectivity index (χ3n) is 14.3. The van der Waals surface area contributed by atoms with Crippen LogP contribution in [0.4, 0.5) is 17.1 Å². The van der Waals surface area contributed by atoms with Crippen molar-refractivity contribution in [2.75, 3.05) is 4.90 Å². The molecule has 3 aliphatic rings. The molecule has 1 aromatic heterocycles. The SMILES string of the molecule is c1ccc(-c2ccccc2N(c2ccc3c(c2)C2(c4ccccc4-c4ccccc4-3)c3ccccc3-c3c2ccc2c3-c3ccccc3C2)c2ccc3oc4ccccc4c3c2)cc1. The summed E-state index contributed by atoms with van der Waals surface area (Å²) in [5.41, 5.74) is 25.2. The Morgan fingerprint density at radius 2 is 0.938 bits per heavy atom.